The molecule has 4 N–H and O–H groups in total. The van der Waals surface area contributed by atoms with E-state index in [1.165, 1.54) is 11.3 Å². The van der Waals surface area contributed by atoms with Gasteiger partial charge in [-0.15, -0.1) is 11.3 Å². The lowest BCUT2D eigenvalue weighted by Gasteiger charge is -2.05. The van der Waals surface area contributed by atoms with Crippen molar-refractivity contribution in [3.63, 3.8) is 0 Å². The van der Waals surface area contributed by atoms with Crippen LogP contribution in [0.5, 0.6) is 5.75 Å². The molecule has 0 saturated heterocycles. The topological polar surface area (TPSA) is 106 Å². The Hall–Kier alpha value is -3.39. The fraction of sp³-hybridized carbons (Fsp3) is 0.105. The summed E-state index contributed by atoms with van der Waals surface area (Å²) in [7, 11) is 0. The van der Waals surface area contributed by atoms with Gasteiger partial charge in [0.25, 0.3) is 5.91 Å². The Balaban J connectivity index is 1.62. The molecule has 0 bridgehead atoms. The first-order valence-corrected chi connectivity index (χ1v) is 9.09. The van der Waals surface area contributed by atoms with Crippen LogP contribution in [0, 0.1) is 0 Å². The fourth-order valence-electron chi connectivity index (χ4n) is 2.27. The van der Waals surface area contributed by atoms with E-state index in [1.807, 2.05) is 31.2 Å². The summed E-state index contributed by atoms with van der Waals surface area (Å²) in [5.74, 6) is -0.0557. The molecule has 0 aliphatic heterocycles. The highest BCUT2D eigenvalue weighted by atomic mass is 32.1. The molecule has 3 rings (SSSR count). The van der Waals surface area contributed by atoms with Crippen molar-refractivity contribution in [2.45, 2.75) is 6.92 Å². The molecule has 0 aliphatic carbocycles. The second-order valence-electron chi connectivity index (χ2n) is 5.52. The van der Waals surface area contributed by atoms with Crippen LogP contribution in [0.15, 0.2) is 53.9 Å². The second-order valence-corrected chi connectivity index (χ2v) is 6.37. The Morgan fingerprint density at radius 2 is 1.74 bits per heavy atom. The van der Waals surface area contributed by atoms with Crippen molar-refractivity contribution in [1.82, 2.24) is 4.98 Å². The van der Waals surface area contributed by atoms with Gasteiger partial charge in [0.15, 0.2) is 5.13 Å². The molecule has 0 spiro atoms. The highest BCUT2D eigenvalue weighted by Crippen LogP contribution is 2.23. The van der Waals surface area contributed by atoms with Gasteiger partial charge in [0.2, 0.25) is 5.91 Å². The van der Waals surface area contributed by atoms with Gasteiger partial charge in [-0.05, 0) is 55.5 Å². The first-order valence-electron chi connectivity index (χ1n) is 8.22. The largest absolute Gasteiger partial charge is 0.494 e. The fourth-order valence-corrected chi connectivity index (χ4v) is 2.98. The average Bonchev–Trinajstić information content (AvgIpc) is 3.13. The molecule has 0 atom stereocenters. The molecule has 0 unspecified atom stereocenters. The average molecular weight is 382 g/mol. The van der Waals surface area contributed by atoms with E-state index >= 15 is 0 Å². The van der Waals surface area contributed by atoms with E-state index in [9.17, 15) is 9.59 Å². The third kappa shape index (κ3) is 4.83. The van der Waals surface area contributed by atoms with Gasteiger partial charge >= 0.3 is 0 Å². The summed E-state index contributed by atoms with van der Waals surface area (Å²) in [5, 5.41) is 8.16. The number of thiazole rings is 1. The molecule has 0 saturated carbocycles. The molecule has 8 heteroatoms. The number of carbonyl (C=O) groups excluding carboxylic acids is 2. The molecule has 2 aromatic carbocycles. The molecule has 3 aromatic rings. The van der Waals surface area contributed by atoms with Crippen LogP contribution in [-0.4, -0.2) is 23.4 Å². The normalized spacial score (nSPS) is 10.3. The molecule has 0 aliphatic rings. The number of rotatable bonds is 7. The van der Waals surface area contributed by atoms with E-state index in [0.29, 0.717) is 28.7 Å². The van der Waals surface area contributed by atoms with Gasteiger partial charge in [-0.3, -0.25) is 9.59 Å². The second kappa shape index (κ2) is 8.33. The Bertz CT molecular complexity index is 936. The minimum Gasteiger partial charge on any atom is -0.494 e. The third-order valence-electron chi connectivity index (χ3n) is 3.58. The Labute approximate surface area is 160 Å². The summed E-state index contributed by atoms with van der Waals surface area (Å²) in [6, 6.07) is 13.8. The molecule has 7 nitrogen and oxygen atoms in total. The van der Waals surface area contributed by atoms with Crippen LogP contribution in [0.25, 0.3) is 0 Å². The van der Waals surface area contributed by atoms with Crippen molar-refractivity contribution in [3.8, 4) is 5.75 Å². The first kappa shape index (κ1) is 18.4. The maximum Gasteiger partial charge on any atom is 0.275 e. The number of carbonyl (C=O) groups is 2. The molecule has 0 radical (unpaired) electrons. The van der Waals surface area contributed by atoms with Gasteiger partial charge in [-0.1, -0.05) is 0 Å². The van der Waals surface area contributed by atoms with Crippen molar-refractivity contribution < 1.29 is 14.3 Å². The maximum absolute atomic E-state index is 12.3. The highest BCUT2D eigenvalue weighted by molar-refractivity contribution is 7.14. The highest BCUT2D eigenvalue weighted by Gasteiger charge is 2.12. The monoisotopic (exact) mass is 382 g/mol. The number of hydrogen-bond acceptors (Lipinski definition) is 6. The summed E-state index contributed by atoms with van der Waals surface area (Å²) < 4.78 is 5.40. The number of nitrogens with two attached hydrogens (primary N) is 1. The van der Waals surface area contributed by atoms with Gasteiger partial charge in [-0.25, -0.2) is 4.98 Å². The molecule has 138 valence electrons. The van der Waals surface area contributed by atoms with Crippen LogP contribution in [0.2, 0.25) is 0 Å². The molecule has 27 heavy (non-hydrogen) atoms. The van der Waals surface area contributed by atoms with E-state index in [4.69, 9.17) is 10.5 Å². The Morgan fingerprint density at radius 1 is 1.07 bits per heavy atom. The van der Waals surface area contributed by atoms with E-state index in [2.05, 4.69) is 15.6 Å². The number of anilines is 3. The lowest BCUT2D eigenvalue weighted by Crippen LogP contribution is -2.13. The summed E-state index contributed by atoms with van der Waals surface area (Å²) in [6.07, 6.45) is 0. The molecule has 1 heterocycles. The first-order chi connectivity index (χ1) is 13.0. The van der Waals surface area contributed by atoms with Gasteiger partial charge in [0, 0.05) is 22.3 Å². The predicted molar refractivity (Wildman–Crippen MR) is 106 cm³/mol. The molecular formula is C19H18N4O3S. The Morgan fingerprint density at radius 3 is 2.37 bits per heavy atom. The van der Waals surface area contributed by atoms with Crippen molar-refractivity contribution in [3.05, 3.63) is 65.2 Å². The van der Waals surface area contributed by atoms with Crippen LogP contribution in [0.1, 0.15) is 27.8 Å². The van der Waals surface area contributed by atoms with Crippen molar-refractivity contribution in [2.75, 3.05) is 17.2 Å². The van der Waals surface area contributed by atoms with Crippen LogP contribution in [-0.2, 0) is 0 Å². The molecule has 2 amide bonds. The van der Waals surface area contributed by atoms with E-state index in [0.717, 1.165) is 11.4 Å². The number of nitrogens with zero attached hydrogens (tertiary/aromatic N) is 1. The number of hydrogen-bond donors (Lipinski definition) is 3. The minimum absolute atomic E-state index is 0.299. The number of amides is 2. The Kier molecular flexibility index (Phi) is 5.68. The zero-order valence-electron chi connectivity index (χ0n) is 14.6. The van der Waals surface area contributed by atoms with Crippen molar-refractivity contribution >= 4 is 39.7 Å². The van der Waals surface area contributed by atoms with Crippen LogP contribution < -0.4 is 21.1 Å². The zero-order valence-corrected chi connectivity index (χ0v) is 15.4. The maximum atomic E-state index is 12.3. The van der Waals surface area contributed by atoms with Crippen molar-refractivity contribution in [2.24, 2.45) is 5.73 Å². The van der Waals surface area contributed by atoms with E-state index in [1.54, 1.807) is 29.6 Å². The minimum atomic E-state index is -0.516. The summed E-state index contributed by atoms with van der Waals surface area (Å²) in [6.45, 7) is 2.55. The lowest BCUT2D eigenvalue weighted by molar-refractivity contribution is 0.0998. The van der Waals surface area contributed by atoms with Gasteiger partial charge in [-0.2, -0.15) is 0 Å². The van der Waals surface area contributed by atoms with Crippen molar-refractivity contribution in [1.29, 1.82) is 0 Å². The van der Waals surface area contributed by atoms with E-state index < -0.39 is 5.91 Å². The lowest BCUT2D eigenvalue weighted by atomic mass is 10.2. The zero-order chi connectivity index (χ0) is 19.2. The number of primary amides is 1. The number of benzene rings is 2. The van der Waals surface area contributed by atoms with E-state index in [-0.39, 0.29) is 5.91 Å². The molecular weight excluding hydrogens is 364 g/mol. The predicted octanol–water partition coefficient (Wildman–Crippen LogP) is 3.64. The smallest absolute Gasteiger partial charge is 0.275 e. The van der Waals surface area contributed by atoms with Gasteiger partial charge in [0.1, 0.15) is 11.4 Å². The number of nitrogens with one attached hydrogen (secondary N) is 2. The van der Waals surface area contributed by atoms with Crippen LogP contribution >= 0.6 is 11.3 Å². The quantitative estimate of drug-likeness (QED) is 0.578. The molecule has 0 fully saturated rings. The molecule has 1 aromatic heterocycles. The standard InChI is InChI=1S/C19H18N4O3S/c1-2-26-15-9-7-14(8-10-15)22-19-23-16(11-27-19)18(25)21-13-5-3-12(4-6-13)17(20)24/h3-11H,2H2,1H3,(H2,20,24)(H,21,25)(H,22,23). The summed E-state index contributed by atoms with van der Waals surface area (Å²) in [5.41, 5.74) is 7.28. The van der Waals surface area contributed by atoms with Gasteiger partial charge < -0.3 is 21.1 Å². The van der Waals surface area contributed by atoms with Crippen LogP contribution in [0.4, 0.5) is 16.5 Å². The SMILES string of the molecule is CCOc1ccc(Nc2nc(C(=O)Nc3ccc(C(N)=O)cc3)cs2)cc1. The van der Waals surface area contributed by atoms with Crippen LogP contribution in [0.3, 0.4) is 0 Å². The third-order valence-corrected chi connectivity index (χ3v) is 4.34. The number of ether oxygens (including phenoxy) is 1. The van der Waals surface area contributed by atoms with Gasteiger partial charge in [0.05, 0.1) is 6.61 Å². The summed E-state index contributed by atoms with van der Waals surface area (Å²) >= 11 is 1.33. The number of aromatic nitrogens is 1. The summed E-state index contributed by atoms with van der Waals surface area (Å²) in [4.78, 5) is 27.7.